The van der Waals surface area contributed by atoms with E-state index in [9.17, 15) is 0 Å². The molecule has 5 aromatic heterocycles. The van der Waals surface area contributed by atoms with Crippen LogP contribution in [0, 0.1) is 0 Å². The summed E-state index contributed by atoms with van der Waals surface area (Å²) in [5.41, 5.74) is 10.9. The van der Waals surface area contributed by atoms with E-state index in [1.807, 2.05) is 89.0 Å². The van der Waals surface area contributed by atoms with Crippen molar-refractivity contribution < 1.29 is 0 Å². The van der Waals surface area contributed by atoms with Crippen LogP contribution in [-0.4, -0.2) is 24.9 Å². The third-order valence-corrected chi connectivity index (χ3v) is 8.70. The van der Waals surface area contributed by atoms with E-state index in [0.717, 1.165) is 61.3 Å². The molecular formula is C49H43N5. The second kappa shape index (κ2) is 18.6. The highest BCUT2D eigenvalue weighted by Crippen LogP contribution is 2.32. The zero-order chi connectivity index (χ0) is 37.5. The van der Waals surface area contributed by atoms with Gasteiger partial charge < -0.3 is 0 Å². The summed E-state index contributed by atoms with van der Waals surface area (Å²) in [6.45, 7) is 8.00. The molecule has 0 aliphatic heterocycles. The third kappa shape index (κ3) is 8.60. The summed E-state index contributed by atoms with van der Waals surface area (Å²) in [6, 6.07) is 47.9. The van der Waals surface area contributed by atoms with Gasteiger partial charge in [0.05, 0.1) is 11.4 Å². The summed E-state index contributed by atoms with van der Waals surface area (Å²) < 4.78 is 0. The molecule has 9 rings (SSSR count). The largest absolute Gasteiger partial charge is 0.265 e. The van der Waals surface area contributed by atoms with E-state index in [-0.39, 0.29) is 0 Å². The van der Waals surface area contributed by atoms with Crippen LogP contribution in [0.1, 0.15) is 27.7 Å². The second-order valence-corrected chi connectivity index (χ2v) is 11.9. The smallest absolute Gasteiger partial charge is 0.0780 e. The summed E-state index contributed by atoms with van der Waals surface area (Å²) in [5.74, 6) is 0. The van der Waals surface area contributed by atoms with Gasteiger partial charge in [0.1, 0.15) is 0 Å². The second-order valence-electron chi connectivity index (χ2n) is 11.9. The van der Waals surface area contributed by atoms with Gasteiger partial charge in [0, 0.05) is 88.2 Å². The zero-order valence-electron chi connectivity index (χ0n) is 31.1. The zero-order valence-corrected chi connectivity index (χ0v) is 31.1. The molecule has 54 heavy (non-hydrogen) atoms. The van der Waals surface area contributed by atoms with Gasteiger partial charge in [-0.3, -0.25) is 24.9 Å². The number of hydrogen-bond acceptors (Lipinski definition) is 5. The van der Waals surface area contributed by atoms with E-state index < -0.39 is 0 Å². The lowest BCUT2D eigenvalue weighted by Gasteiger charge is -2.09. The van der Waals surface area contributed by atoms with Gasteiger partial charge >= 0.3 is 0 Å². The molecule has 0 aliphatic rings. The number of benzene rings is 4. The maximum Gasteiger partial charge on any atom is 0.0780 e. The summed E-state index contributed by atoms with van der Waals surface area (Å²) in [5, 5.41) is 4.73. The van der Waals surface area contributed by atoms with Crippen LogP contribution in [0.4, 0.5) is 0 Å². The van der Waals surface area contributed by atoms with Gasteiger partial charge in [-0.15, -0.1) is 0 Å². The number of aromatic nitrogens is 5. The molecule has 5 heterocycles. The van der Waals surface area contributed by atoms with E-state index in [4.69, 9.17) is 0 Å². The molecular weight excluding hydrogens is 659 g/mol. The van der Waals surface area contributed by atoms with Crippen molar-refractivity contribution in [3.8, 4) is 55.9 Å². The molecule has 9 aromatic rings. The number of rotatable bonds is 5. The Hall–Kier alpha value is -6.85. The van der Waals surface area contributed by atoms with E-state index in [2.05, 4.69) is 134 Å². The minimum absolute atomic E-state index is 0.998. The molecule has 5 nitrogen and oxygen atoms in total. The lowest BCUT2D eigenvalue weighted by molar-refractivity contribution is 1.30. The summed E-state index contributed by atoms with van der Waals surface area (Å²) in [4.78, 5) is 22.0. The highest BCUT2D eigenvalue weighted by molar-refractivity contribution is 5.96. The molecule has 264 valence electrons. The van der Waals surface area contributed by atoms with E-state index in [0.29, 0.717) is 0 Å². The average Bonchev–Trinajstić information content (AvgIpc) is 3.28. The van der Waals surface area contributed by atoms with Crippen molar-refractivity contribution in [3.63, 3.8) is 0 Å². The van der Waals surface area contributed by atoms with Crippen molar-refractivity contribution >= 4 is 21.5 Å². The van der Waals surface area contributed by atoms with Crippen molar-refractivity contribution in [1.82, 2.24) is 24.9 Å². The molecule has 0 atom stereocenters. The van der Waals surface area contributed by atoms with Crippen molar-refractivity contribution in [2.45, 2.75) is 27.7 Å². The highest BCUT2D eigenvalue weighted by Gasteiger charge is 2.09. The fourth-order valence-corrected chi connectivity index (χ4v) is 6.23. The molecule has 0 fully saturated rings. The predicted molar refractivity (Wildman–Crippen MR) is 227 cm³/mol. The van der Waals surface area contributed by atoms with Crippen LogP contribution in [-0.2, 0) is 0 Å². The van der Waals surface area contributed by atoms with Gasteiger partial charge in [-0.25, -0.2) is 0 Å². The molecule has 5 heteroatoms. The number of pyridine rings is 5. The van der Waals surface area contributed by atoms with E-state index in [1.165, 1.54) is 16.2 Å². The molecule has 0 spiro atoms. The van der Waals surface area contributed by atoms with Crippen molar-refractivity contribution in [3.05, 3.63) is 189 Å². The first-order chi connectivity index (χ1) is 26.8. The topological polar surface area (TPSA) is 64.5 Å². The first-order valence-corrected chi connectivity index (χ1v) is 18.4. The van der Waals surface area contributed by atoms with Gasteiger partial charge in [0.25, 0.3) is 0 Å². The molecule has 0 N–H and O–H groups in total. The van der Waals surface area contributed by atoms with Crippen LogP contribution in [0.15, 0.2) is 189 Å². The number of hydrogen-bond donors (Lipinski definition) is 0. The number of nitrogens with zero attached hydrogens (tertiary/aromatic N) is 5. The third-order valence-electron chi connectivity index (χ3n) is 8.70. The van der Waals surface area contributed by atoms with Crippen LogP contribution in [0.3, 0.4) is 0 Å². The molecule has 0 saturated heterocycles. The molecule has 0 unspecified atom stereocenters. The standard InChI is InChI=1S/C25H17N3.C20H14N2.2C2H6/c1-2-7-24-19(4-1)10-13-28-25(24)21-6-3-5-20(14-21)23-15-22(16-27-17-23)18-8-11-26-12-9-18;1-2-9-19-15(5-1)10-12-22-20(19)17-7-3-6-16(13-17)18-8-4-11-21-14-18;2*1-2/h1-17H;1-14H;2*1-2H3. The fourth-order valence-electron chi connectivity index (χ4n) is 6.23. The first kappa shape index (κ1) is 36.9. The quantitative estimate of drug-likeness (QED) is 0.179. The summed E-state index contributed by atoms with van der Waals surface area (Å²) in [6.07, 6.45) is 14.8. The number of fused-ring (bicyclic) bond motifs is 2. The van der Waals surface area contributed by atoms with E-state index >= 15 is 0 Å². The molecule has 4 aromatic carbocycles. The summed E-state index contributed by atoms with van der Waals surface area (Å²) >= 11 is 0. The maximum atomic E-state index is 4.65. The predicted octanol–water partition coefficient (Wildman–Crippen LogP) is 13.0. The monoisotopic (exact) mass is 701 g/mol. The van der Waals surface area contributed by atoms with E-state index in [1.54, 1.807) is 18.6 Å². The van der Waals surface area contributed by atoms with Crippen LogP contribution < -0.4 is 0 Å². The Labute approximate surface area is 318 Å². The van der Waals surface area contributed by atoms with Crippen LogP contribution in [0.5, 0.6) is 0 Å². The molecule has 0 amide bonds. The van der Waals surface area contributed by atoms with Crippen LogP contribution in [0.2, 0.25) is 0 Å². The summed E-state index contributed by atoms with van der Waals surface area (Å²) in [7, 11) is 0. The molecule has 0 radical (unpaired) electrons. The molecule has 0 bridgehead atoms. The fraction of sp³-hybridized carbons (Fsp3) is 0.0816. The molecule has 0 saturated carbocycles. The first-order valence-electron chi connectivity index (χ1n) is 18.4. The van der Waals surface area contributed by atoms with Crippen molar-refractivity contribution in [2.24, 2.45) is 0 Å². The van der Waals surface area contributed by atoms with Gasteiger partial charge in [-0.1, -0.05) is 119 Å². The minimum Gasteiger partial charge on any atom is -0.265 e. The lowest BCUT2D eigenvalue weighted by Crippen LogP contribution is -1.88. The average molecular weight is 702 g/mol. The van der Waals surface area contributed by atoms with Crippen LogP contribution >= 0.6 is 0 Å². The Morgan fingerprint density at radius 1 is 0.296 bits per heavy atom. The van der Waals surface area contributed by atoms with Gasteiger partial charge in [-0.05, 0) is 76.0 Å². The van der Waals surface area contributed by atoms with Gasteiger partial charge in [-0.2, -0.15) is 0 Å². The van der Waals surface area contributed by atoms with Gasteiger partial charge in [0.15, 0.2) is 0 Å². The Balaban J connectivity index is 0.000000173. The van der Waals surface area contributed by atoms with Crippen molar-refractivity contribution in [2.75, 3.05) is 0 Å². The Bertz CT molecular complexity index is 2540. The lowest BCUT2D eigenvalue weighted by atomic mass is 9.98. The highest BCUT2D eigenvalue weighted by atomic mass is 14.7. The Morgan fingerprint density at radius 3 is 1.31 bits per heavy atom. The Morgan fingerprint density at radius 2 is 0.759 bits per heavy atom. The van der Waals surface area contributed by atoms with Crippen LogP contribution in [0.25, 0.3) is 77.4 Å². The normalized spacial score (nSPS) is 10.2. The van der Waals surface area contributed by atoms with Gasteiger partial charge in [0.2, 0.25) is 0 Å². The molecule has 0 aliphatic carbocycles. The SMILES string of the molecule is CC.CC.c1cc(-c2cncc(-c3ccncc3)c2)cc(-c2nccc3ccccc23)c1.c1cncc(-c2cccc(-c3nccc4ccccc34)c2)c1. The minimum atomic E-state index is 0.998. The Kier molecular flexibility index (Phi) is 12.7. The maximum absolute atomic E-state index is 4.65. The van der Waals surface area contributed by atoms with Crippen molar-refractivity contribution in [1.29, 1.82) is 0 Å².